The predicted molar refractivity (Wildman–Crippen MR) is 158 cm³/mol. The summed E-state index contributed by atoms with van der Waals surface area (Å²) in [6.45, 7) is 16.2. The fraction of sp³-hybridized carbons (Fsp3) is 0.500. The lowest BCUT2D eigenvalue weighted by atomic mass is 10.1. The first-order valence-corrected chi connectivity index (χ1v) is 14.5. The highest BCUT2D eigenvalue weighted by Gasteiger charge is 2.34. The third-order valence-electron chi connectivity index (χ3n) is 8.67. The molecule has 0 unspecified atom stereocenters. The highest BCUT2D eigenvalue weighted by molar-refractivity contribution is 5.91. The molecule has 1 amide bonds. The number of hydrogen-bond acceptors (Lipinski definition) is 8. The number of piperazine rings is 1. The van der Waals surface area contributed by atoms with Crippen LogP contribution in [0.15, 0.2) is 37.1 Å². The van der Waals surface area contributed by atoms with E-state index in [-0.39, 0.29) is 18.5 Å². The minimum Gasteiger partial charge on any atom is -0.462 e. The Kier molecular flexibility index (Phi) is 7.74. The SMILES string of the molecule is [C-]#[N+]C[C@H]1CN(c2nc(OC[C@@H]3CCCN3C)nc3c2CCCN(c2cccc4[nH]ncc24)C3)CCN1C(=O)C=C. The number of carbonyl (C=O) groups is 1. The monoisotopic (exact) mass is 555 g/mol. The van der Waals surface area contributed by atoms with Crippen LogP contribution in [0.25, 0.3) is 15.7 Å². The van der Waals surface area contributed by atoms with Crippen LogP contribution in [0.2, 0.25) is 0 Å². The fourth-order valence-electron chi connectivity index (χ4n) is 6.43. The molecule has 0 radical (unpaired) electrons. The molecule has 2 atom stereocenters. The molecule has 3 aliphatic rings. The van der Waals surface area contributed by atoms with Crippen molar-refractivity contribution in [2.24, 2.45) is 0 Å². The molecule has 0 bridgehead atoms. The molecule has 0 saturated carbocycles. The number of likely N-dealkylation sites (N-methyl/N-ethyl adjacent to an activating group) is 1. The van der Waals surface area contributed by atoms with Crippen molar-refractivity contribution in [3.8, 4) is 6.01 Å². The molecule has 1 aromatic carbocycles. The molecule has 1 N–H and O–H groups in total. The Morgan fingerprint density at radius 3 is 2.90 bits per heavy atom. The van der Waals surface area contributed by atoms with Crippen LogP contribution in [0.5, 0.6) is 6.01 Å². The lowest BCUT2D eigenvalue weighted by molar-refractivity contribution is -0.128. The Bertz CT molecular complexity index is 1460. The van der Waals surface area contributed by atoms with Gasteiger partial charge in [0.1, 0.15) is 18.5 Å². The van der Waals surface area contributed by atoms with Gasteiger partial charge < -0.3 is 29.2 Å². The Labute approximate surface area is 240 Å². The number of nitrogens with zero attached hydrogens (tertiary/aromatic N) is 8. The van der Waals surface area contributed by atoms with Crippen LogP contribution in [-0.4, -0.2) is 101 Å². The molecule has 2 saturated heterocycles. The first-order valence-electron chi connectivity index (χ1n) is 14.5. The lowest BCUT2D eigenvalue weighted by Gasteiger charge is -2.40. The zero-order valence-corrected chi connectivity index (χ0v) is 23.6. The Morgan fingerprint density at radius 2 is 2.10 bits per heavy atom. The van der Waals surface area contributed by atoms with Gasteiger partial charge in [0.2, 0.25) is 12.5 Å². The number of aromatic nitrogens is 4. The number of nitrogens with one attached hydrogen (secondary N) is 1. The van der Waals surface area contributed by atoms with Gasteiger partial charge in [0.15, 0.2) is 0 Å². The second-order valence-corrected chi connectivity index (χ2v) is 11.2. The van der Waals surface area contributed by atoms with Crippen molar-refractivity contribution >= 4 is 28.3 Å². The summed E-state index contributed by atoms with van der Waals surface area (Å²) in [5.74, 6) is 0.738. The molecule has 214 valence electrons. The number of likely N-dealkylation sites (tertiary alicyclic amines) is 1. The van der Waals surface area contributed by atoms with Crippen LogP contribution in [0.3, 0.4) is 0 Å². The van der Waals surface area contributed by atoms with Crippen LogP contribution in [0.1, 0.15) is 30.5 Å². The van der Waals surface area contributed by atoms with Crippen molar-refractivity contribution in [2.75, 3.05) is 62.7 Å². The summed E-state index contributed by atoms with van der Waals surface area (Å²) >= 11 is 0. The normalized spacial score (nSPS) is 21.4. The van der Waals surface area contributed by atoms with Gasteiger partial charge in [-0.05, 0) is 57.5 Å². The average Bonchev–Trinajstić information content (AvgIpc) is 3.58. The molecule has 3 aromatic rings. The zero-order chi connectivity index (χ0) is 28.3. The summed E-state index contributed by atoms with van der Waals surface area (Å²) in [5, 5.41) is 8.44. The van der Waals surface area contributed by atoms with Crippen LogP contribution >= 0.6 is 0 Å². The van der Waals surface area contributed by atoms with Crippen LogP contribution in [0.4, 0.5) is 11.5 Å². The topological polar surface area (TPSA) is 98.1 Å². The van der Waals surface area contributed by atoms with Gasteiger partial charge in [0.25, 0.3) is 0 Å². The summed E-state index contributed by atoms with van der Waals surface area (Å²) in [7, 11) is 2.14. The van der Waals surface area contributed by atoms with Gasteiger partial charge in [-0.1, -0.05) is 12.6 Å². The van der Waals surface area contributed by atoms with E-state index in [1.165, 1.54) is 12.5 Å². The van der Waals surface area contributed by atoms with Gasteiger partial charge in [-0.25, -0.2) is 6.57 Å². The molecule has 11 heteroatoms. The number of fused-ring (bicyclic) bond motifs is 2. The molecule has 11 nitrogen and oxygen atoms in total. The maximum Gasteiger partial charge on any atom is 0.318 e. The van der Waals surface area contributed by atoms with E-state index in [0.29, 0.717) is 44.8 Å². The van der Waals surface area contributed by atoms with E-state index in [4.69, 9.17) is 21.3 Å². The number of hydrogen-bond donors (Lipinski definition) is 1. The maximum absolute atomic E-state index is 12.5. The van der Waals surface area contributed by atoms with Gasteiger partial charge >= 0.3 is 6.01 Å². The second kappa shape index (κ2) is 11.7. The van der Waals surface area contributed by atoms with Gasteiger partial charge in [-0.3, -0.25) is 9.89 Å². The number of rotatable bonds is 7. The maximum atomic E-state index is 12.5. The first kappa shape index (κ1) is 27.0. The number of benzene rings is 1. The van der Waals surface area contributed by atoms with E-state index < -0.39 is 0 Å². The van der Waals surface area contributed by atoms with E-state index in [2.05, 4.69) is 55.5 Å². The Hall–Kier alpha value is -4.17. The number of ether oxygens (including phenoxy) is 1. The van der Waals surface area contributed by atoms with Gasteiger partial charge in [0.05, 0.1) is 24.0 Å². The standard InChI is InChI=1S/C30H37N9O2/c1-4-28(40)39-15-14-38(18-22(39)16-31-2)29-23-9-7-13-37(27-11-5-10-25-24(27)17-32-35-25)19-26(23)33-30(34-29)41-20-21-8-6-12-36(21)3/h4-5,10-11,17,21-22H,1,6-9,12-16,18-20H2,3H3,(H,32,35)/t21-,22-/m0/s1. The molecule has 0 aliphatic carbocycles. The van der Waals surface area contributed by atoms with Crippen molar-refractivity contribution in [1.82, 2.24) is 30.0 Å². The summed E-state index contributed by atoms with van der Waals surface area (Å²) < 4.78 is 6.30. The number of carbonyl (C=O) groups excluding carboxylic acids is 1. The lowest BCUT2D eigenvalue weighted by Crippen LogP contribution is -2.56. The molecular formula is C30H37N9O2. The molecule has 2 aromatic heterocycles. The van der Waals surface area contributed by atoms with Crippen LogP contribution in [0, 0.1) is 6.57 Å². The molecule has 3 aliphatic heterocycles. The number of aromatic amines is 1. The van der Waals surface area contributed by atoms with Crippen LogP contribution in [-0.2, 0) is 17.8 Å². The first-order chi connectivity index (χ1) is 20.1. The molecule has 6 rings (SSSR count). The molecule has 2 fully saturated rings. The van der Waals surface area contributed by atoms with Crippen molar-refractivity contribution in [1.29, 1.82) is 0 Å². The van der Waals surface area contributed by atoms with E-state index in [9.17, 15) is 4.79 Å². The van der Waals surface area contributed by atoms with E-state index >= 15 is 0 Å². The van der Waals surface area contributed by atoms with Crippen molar-refractivity contribution in [3.63, 3.8) is 0 Å². The van der Waals surface area contributed by atoms with Crippen molar-refractivity contribution in [2.45, 2.75) is 44.3 Å². The molecule has 0 spiro atoms. The van der Waals surface area contributed by atoms with E-state index in [1.807, 2.05) is 12.3 Å². The predicted octanol–water partition coefficient (Wildman–Crippen LogP) is 2.90. The minimum absolute atomic E-state index is 0.131. The smallest absolute Gasteiger partial charge is 0.318 e. The Balaban J connectivity index is 1.34. The average molecular weight is 556 g/mol. The highest BCUT2D eigenvalue weighted by Crippen LogP contribution is 2.34. The second-order valence-electron chi connectivity index (χ2n) is 11.2. The minimum atomic E-state index is -0.227. The molecular weight excluding hydrogens is 518 g/mol. The van der Waals surface area contributed by atoms with Crippen molar-refractivity contribution < 1.29 is 9.53 Å². The third-order valence-corrected chi connectivity index (χ3v) is 8.67. The van der Waals surface area contributed by atoms with Crippen molar-refractivity contribution in [3.05, 3.63) is 59.7 Å². The highest BCUT2D eigenvalue weighted by atomic mass is 16.5. The Morgan fingerprint density at radius 1 is 1.20 bits per heavy atom. The zero-order valence-electron chi connectivity index (χ0n) is 23.6. The summed E-state index contributed by atoms with van der Waals surface area (Å²) in [6.07, 6.45) is 7.29. The van der Waals surface area contributed by atoms with E-state index in [1.54, 1.807) is 4.90 Å². The fourth-order valence-corrected chi connectivity index (χ4v) is 6.43. The summed E-state index contributed by atoms with van der Waals surface area (Å²) in [6, 6.07) is 6.76. The van der Waals surface area contributed by atoms with E-state index in [0.717, 1.165) is 66.0 Å². The van der Waals surface area contributed by atoms with Gasteiger partial charge in [-0.15, -0.1) is 0 Å². The quantitative estimate of drug-likeness (QED) is 0.351. The summed E-state index contributed by atoms with van der Waals surface area (Å²) in [4.78, 5) is 34.9. The number of anilines is 2. The molecule has 5 heterocycles. The third kappa shape index (κ3) is 5.44. The largest absolute Gasteiger partial charge is 0.462 e. The molecule has 41 heavy (non-hydrogen) atoms. The summed E-state index contributed by atoms with van der Waals surface area (Å²) in [5.41, 5.74) is 4.24. The van der Waals surface area contributed by atoms with Gasteiger partial charge in [0, 0.05) is 48.9 Å². The number of H-pyrrole nitrogens is 1. The van der Waals surface area contributed by atoms with Gasteiger partial charge in [-0.2, -0.15) is 15.1 Å². The number of amides is 1. The van der Waals surface area contributed by atoms with Crippen LogP contribution < -0.4 is 14.5 Å².